The SMILES string of the molecule is O=C(Nc1nc(CN2CCOCC2)cs1)c1coc(C2CCOCC2)n1. The maximum atomic E-state index is 12.4. The number of carbonyl (C=O) groups is 1. The average Bonchev–Trinajstić information content (AvgIpc) is 3.33. The Morgan fingerprint density at radius 1 is 1.19 bits per heavy atom. The zero-order chi connectivity index (χ0) is 17.8. The Bertz CT molecular complexity index is 735. The Hall–Kier alpha value is -1.81. The molecule has 0 radical (unpaired) electrons. The molecule has 0 aromatic carbocycles. The fraction of sp³-hybridized carbons (Fsp3) is 0.588. The van der Waals surface area contributed by atoms with Crippen LogP contribution in [0.3, 0.4) is 0 Å². The molecule has 1 N–H and O–H groups in total. The number of nitrogens with one attached hydrogen (secondary N) is 1. The van der Waals surface area contributed by atoms with Crippen molar-refractivity contribution in [1.29, 1.82) is 0 Å². The summed E-state index contributed by atoms with van der Waals surface area (Å²) in [6, 6.07) is 0. The van der Waals surface area contributed by atoms with Crippen molar-refractivity contribution in [2.75, 3.05) is 44.8 Å². The van der Waals surface area contributed by atoms with E-state index in [9.17, 15) is 4.79 Å². The summed E-state index contributed by atoms with van der Waals surface area (Å²) in [7, 11) is 0. The predicted octanol–water partition coefficient (Wildman–Crippen LogP) is 2.11. The molecule has 4 rings (SSSR count). The Labute approximate surface area is 155 Å². The molecule has 140 valence electrons. The maximum Gasteiger partial charge on any atom is 0.279 e. The number of morpholine rings is 1. The number of thiazole rings is 1. The highest BCUT2D eigenvalue weighted by atomic mass is 32.1. The van der Waals surface area contributed by atoms with Crippen molar-refractivity contribution in [3.05, 3.63) is 28.9 Å². The number of rotatable bonds is 5. The minimum Gasteiger partial charge on any atom is -0.448 e. The summed E-state index contributed by atoms with van der Waals surface area (Å²) >= 11 is 1.42. The van der Waals surface area contributed by atoms with Crippen LogP contribution in [0.2, 0.25) is 0 Å². The molecule has 1 amide bonds. The second kappa shape index (κ2) is 8.26. The first kappa shape index (κ1) is 17.6. The van der Waals surface area contributed by atoms with E-state index in [1.165, 1.54) is 17.6 Å². The van der Waals surface area contributed by atoms with Gasteiger partial charge < -0.3 is 13.9 Å². The highest BCUT2D eigenvalue weighted by Gasteiger charge is 2.23. The Morgan fingerprint density at radius 3 is 2.77 bits per heavy atom. The second-order valence-corrected chi connectivity index (χ2v) is 7.30. The van der Waals surface area contributed by atoms with Gasteiger partial charge in [0.2, 0.25) is 0 Å². The van der Waals surface area contributed by atoms with Crippen LogP contribution in [0.25, 0.3) is 0 Å². The van der Waals surface area contributed by atoms with Crippen molar-refractivity contribution in [3.8, 4) is 0 Å². The molecule has 0 atom stereocenters. The molecular weight excluding hydrogens is 356 g/mol. The molecule has 2 aromatic heterocycles. The molecule has 2 fully saturated rings. The van der Waals surface area contributed by atoms with Gasteiger partial charge in [-0.1, -0.05) is 0 Å². The van der Waals surface area contributed by atoms with Gasteiger partial charge in [0.05, 0.1) is 18.9 Å². The van der Waals surface area contributed by atoms with Gasteiger partial charge >= 0.3 is 0 Å². The number of amides is 1. The third-order valence-electron chi connectivity index (χ3n) is 4.59. The highest BCUT2D eigenvalue weighted by Crippen LogP contribution is 2.26. The molecule has 2 aliphatic rings. The lowest BCUT2D eigenvalue weighted by Crippen LogP contribution is -2.35. The summed E-state index contributed by atoms with van der Waals surface area (Å²) in [6.07, 6.45) is 3.17. The lowest BCUT2D eigenvalue weighted by molar-refractivity contribution is 0.0337. The third-order valence-corrected chi connectivity index (χ3v) is 5.39. The van der Waals surface area contributed by atoms with Crippen molar-refractivity contribution in [1.82, 2.24) is 14.9 Å². The molecule has 0 unspecified atom stereocenters. The van der Waals surface area contributed by atoms with Gasteiger partial charge in [-0.15, -0.1) is 11.3 Å². The van der Waals surface area contributed by atoms with E-state index >= 15 is 0 Å². The molecule has 26 heavy (non-hydrogen) atoms. The minimum absolute atomic E-state index is 0.227. The zero-order valence-corrected chi connectivity index (χ0v) is 15.3. The molecular formula is C17H22N4O4S. The number of hydrogen-bond donors (Lipinski definition) is 1. The van der Waals surface area contributed by atoms with E-state index < -0.39 is 0 Å². The lowest BCUT2D eigenvalue weighted by Gasteiger charge is -2.25. The molecule has 0 saturated carbocycles. The molecule has 4 heterocycles. The third kappa shape index (κ3) is 4.29. The number of anilines is 1. The molecule has 0 bridgehead atoms. The van der Waals surface area contributed by atoms with Crippen LogP contribution in [0.1, 0.15) is 40.8 Å². The van der Waals surface area contributed by atoms with Gasteiger partial charge in [0, 0.05) is 44.1 Å². The minimum atomic E-state index is -0.292. The summed E-state index contributed by atoms with van der Waals surface area (Å²) < 4.78 is 16.2. The summed E-state index contributed by atoms with van der Waals surface area (Å²) in [5, 5.41) is 5.36. The van der Waals surface area contributed by atoms with Crippen molar-refractivity contribution in [3.63, 3.8) is 0 Å². The van der Waals surface area contributed by atoms with Gasteiger partial charge in [-0.05, 0) is 12.8 Å². The van der Waals surface area contributed by atoms with E-state index in [2.05, 4.69) is 20.2 Å². The molecule has 0 spiro atoms. The van der Waals surface area contributed by atoms with Crippen LogP contribution in [-0.4, -0.2) is 60.3 Å². The number of oxazole rings is 1. The van der Waals surface area contributed by atoms with Gasteiger partial charge in [0.15, 0.2) is 16.7 Å². The summed E-state index contributed by atoms with van der Waals surface area (Å²) in [5.41, 5.74) is 1.24. The quantitative estimate of drug-likeness (QED) is 0.852. The van der Waals surface area contributed by atoms with E-state index in [1.54, 1.807) is 0 Å². The van der Waals surface area contributed by atoms with Crippen LogP contribution in [0.15, 0.2) is 16.1 Å². The number of ether oxygens (including phenoxy) is 2. The van der Waals surface area contributed by atoms with Crippen LogP contribution in [0.4, 0.5) is 5.13 Å². The fourth-order valence-corrected chi connectivity index (χ4v) is 3.81. The average molecular weight is 378 g/mol. The van der Waals surface area contributed by atoms with E-state index in [-0.39, 0.29) is 17.5 Å². The van der Waals surface area contributed by atoms with E-state index in [1.807, 2.05) is 5.38 Å². The summed E-state index contributed by atoms with van der Waals surface area (Å²) in [6.45, 7) is 5.53. The molecule has 8 nitrogen and oxygen atoms in total. The highest BCUT2D eigenvalue weighted by molar-refractivity contribution is 7.13. The maximum absolute atomic E-state index is 12.4. The smallest absolute Gasteiger partial charge is 0.279 e. The number of carbonyl (C=O) groups excluding carboxylic acids is 1. The van der Waals surface area contributed by atoms with Crippen LogP contribution >= 0.6 is 11.3 Å². The van der Waals surface area contributed by atoms with E-state index in [4.69, 9.17) is 13.9 Å². The summed E-state index contributed by atoms with van der Waals surface area (Å²) in [4.78, 5) is 23.5. The van der Waals surface area contributed by atoms with E-state index in [0.29, 0.717) is 24.2 Å². The monoisotopic (exact) mass is 378 g/mol. The number of nitrogens with zero attached hydrogens (tertiary/aromatic N) is 3. The first-order valence-corrected chi connectivity index (χ1v) is 9.75. The molecule has 2 saturated heterocycles. The largest absolute Gasteiger partial charge is 0.448 e. The molecule has 0 aliphatic carbocycles. The van der Waals surface area contributed by atoms with Crippen molar-refractivity contribution >= 4 is 22.4 Å². The fourth-order valence-electron chi connectivity index (χ4n) is 3.11. The summed E-state index contributed by atoms with van der Waals surface area (Å²) in [5.74, 6) is 0.551. The lowest BCUT2D eigenvalue weighted by atomic mass is 10.0. The van der Waals surface area contributed by atoms with E-state index in [0.717, 1.165) is 51.4 Å². The van der Waals surface area contributed by atoms with Crippen LogP contribution < -0.4 is 5.32 Å². The first-order valence-electron chi connectivity index (χ1n) is 8.87. The Kier molecular flexibility index (Phi) is 5.59. The van der Waals surface area contributed by atoms with Gasteiger partial charge in [0.25, 0.3) is 5.91 Å². The molecule has 2 aliphatic heterocycles. The van der Waals surface area contributed by atoms with Gasteiger partial charge in [-0.25, -0.2) is 9.97 Å². The number of aromatic nitrogens is 2. The van der Waals surface area contributed by atoms with Crippen molar-refractivity contribution < 1.29 is 18.7 Å². The van der Waals surface area contributed by atoms with Crippen molar-refractivity contribution in [2.24, 2.45) is 0 Å². The molecule has 2 aromatic rings. The standard InChI is InChI=1S/C17H22N4O4S/c22-15(14-10-25-16(19-14)12-1-5-23-6-2-12)20-17-18-13(11-26-17)9-21-3-7-24-8-4-21/h10-12H,1-9H2,(H,18,20,22). The Morgan fingerprint density at radius 2 is 1.96 bits per heavy atom. The van der Waals surface area contributed by atoms with Crippen molar-refractivity contribution in [2.45, 2.75) is 25.3 Å². The zero-order valence-electron chi connectivity index (χ0n) is 14.5. The molecule has 9 heteroatoms. The number of hydrogen-bond acceptors (Lipinski definition) is 8. The normalized spacial score (nSPS) is 19.5. The Balaban J connectivity index is 1.33. The van der Waals surface area contributed by atoms with Gasteiger partial charge in [0.1, 0.15) is 6.26 Å². The van der Waals surface area contributed by atoms with Gasteiger partial charge in [-0.3, -0.25) is 15.0 Å². The van der Waals surface area contributed by atoms with Gasteiger partial charge in [-0.2, -0.15) is 0 Å². The van der Waals surface area contributed by atoms with Crippen LogP contribution in [0.5, 0.6) is 0 Å². The van der Waals surface area contributed by atoms with Crippen LogP contribution in [-0.2, 0) is 16.0 Å². The topological polar surface area (TPSA) is 89.7 Å². The first-order chi connectivity index (χ1) is 12.8. The van der Waals surface area contributed by atoms with Crippen LogP contribution in [0, 0.1) is 0 Å². The predicted molar refractivity (Wildman–Crippen MR) is 95.5 cm³/mol. The second-order valence-electron chi connectivity index (χ2n) is 6.44.